The van der Waals surface area contributed by atoms with E-state index in [4.69, 9.17) is 0 Å². The fourth-order valence-electron chi connectivity index (χ4n) is 6.32. The maximum atomic E-state index is 2.45. The third-order valence-corrected chi connectivity index (χ3v) is 8.42. The summed E-state index contributed by atoms with van der Waals surface area (Å²) in [4.78, 5) is 0. The average Bonchev–Trinajstić information content (AvgIpc) is 3.06. The Bertz CT molecular complexity index is 342. The van der Waals surface area contributed by atoms with Crippen molar-refractivity contribution in [2.45, 2.75) is 143 Å². The highest BCUT2D eigenvalue weighted by atomic mass is 14.3. The molecule has 1 unspecified atom stereocenters. The third kappa shape index (κ3) is 8.49. The van der Waals surface area contributed by atoms with Crippen molar-refractivity contribution in [1.29, 1.82) is 0 Å². The van der Waals surface area contributed by atoms with E-state index >= 15 is 0 Å². The summed E-state index contributed by atoms with van der Waals surface area (Å²) in [5, 5.41) is 0. The molecule has 27 heavy (non-hydrogen) atoms. The summed E-state index contributed by atoms with van der Waals surface area (Å²) in [6.45, 7) is 7.18. The zero-order valence-corrected chi connectivity index (χ0v) is 19.3. The van der Waals surface area contributed by atoms with E-state index in [0.29, 0.717) is 0 Å². The molecule has 0 radical (unpaired) electrons. The lowest BCUT2D eigenvalue weighted by Gasteiger charge is -2.34. The monoisotopic (exact) mass is 376 g/mol. The largest absolute Gasteiger partial charge is 0.0654 e. The number of unbranched alkanes of at least 4 members (excludes halogenated alkanes) is 2. The predicted octanol–water partition coefficient (Wildman–Crippen LogP) is 9.57. The van der Waals surface area contributed by atoms with Gasteiger partial charge in [-0.2, -0.15) is 0 Å². The van der Waals surface area contributed by atoms with Gasteiger partial charge >= 0.3 is 0 Å². The molecule has 0 saturated heterocycles. The van der Waals surface area contributed by atoms with Crippen LogP contribution in [0.15, 0.2) is 0 Å². The molecule has 0 aromatic heterocycles. The molecular weight excluding hydrogens is 324 g/mol. The molecular formula is C27H52. The maximum Gasteiger partial charge on any atom is -0.0386 e. The van der Waals surface area contributed by atoms with E-state index in [9.17, 15) is 0 Å². The molecule has 160 valence electrons. The fraction of sp³-hybridized carbons (Fsp3) is 1.00. The van der Waals surface area contributed by atoms with Gasteiger partial charge in [0, 0.05) is 0 Å². The Labute approximate surface area is 172 Å². The highest BCUT2D eigenvalue weighted by Gasteiger charge is 2.27. The molecule has 0 aromatic carbocycles. The van der Waals surface area contributed by atoms with E-state index in [1.54, 1.807) is 32.1 Å². The molecule has 2 rings (SSSR count). The van der Waals surface area contributed by atoms with E-state index in [1.807, 2.05) is 0 Å². The summed E-state index contributed by atoms with van der Waals surface area (Å²) in [7, 11) is 0. The van der Waals surface area contributed by atoms with Crippen molar-refractivity contribution in [1.82, 2.24) is 0 Å². The van der Waals surface area contributed by atoms with Crippen LogP contribution in [-0.4, -0.2) is 0 Å². The Morgan fingerprint density at radius 3 is 1.89 bits per heavy atom. The minimum Gasteiger partial charge on any atom is -0.0654 e. The lowest BCUT2D eigenvalue weighted by Crippen LogP contribution is -2.22. The topological polar surface area (TPSA) is 0 Å². The summed E-state index contributed by atoms with van der Waals surface area (Å²) in [5.41, 5.74) is 0. The first-order valence-corrected chi connectivity index (χ1v) is 13.3. The quantitative estimate of drug-likeness (QED) is 0.235. The number of hydrogen-bond donors (Lipinski definition) is 0. The second-order valence-corrected chi connectivity index (χ2v) is 10.3. The molecule has 0 spiro atoms. The summed E-state index contributed by atoms with van der Waals surface area (Å²) in [6, 6.07) is 0. The van der Waals surface area contributed by atoms with Crippen molar-refractivity contribution >= 4 is 0 Å². The van der Waals surface area contributed by atoms with Crippen molar-refractivity contribution in [2.24, 2.45) is 29.6 Å². The van der Waals surface area contributed by atoms with E-state index in [-0.39, 0.29) is 0 Å². The van der Waals surface area contributed by atoms with Crippen LogP contribution in [0.5, 0.6) is 0 Å². The second-order valence-electron chi connectivity index (χ2n) is 10.3. The molecule has 0 amide bonds. The summed E-state index contributed by atoms with van der Waals surface area (Å²) >= 11 is 0. The third-order valence-electron chi connectivity index (χ3n) is 8.42. The smallest absolute Gasteiger partial charge is 0.0386 e. The molecule has 0 aromatic rings. The van der Waals surface area contributed by atoms with Crippen molar-refractivity contribution in [3.63, 3.8) is 0 Å². The first-order chi connectivity index (χ1) is 13.3. The summed E-state index contributed by atoms with van der Waals surface area (Å²) in [6.07, 6.45) is 28.6. The Hall–Kier alpha value is 0. The van der Waals surface area contributed by atoms with Crippen molar-refractivity contribution in [3.05, 3.63) is 0 Å². The first kappa shape index (κ1) is 23.3. The van der Waals surface area contributed by atoms with Gasteiger partial charge in [-0.3, -0.25) is 0 Å². The molecule has 4 atom stereocenters. The molecule has 2 aliphatic carbocycles. The van der Waals surface area contributed by atoms with Crippen LogP contribution in [0, 0.1) is 29.6 Å². The number of hydrogen-bond acceptors (Lipinski definition) is 0. The maximum absolute atomic E-state index is 2.45. The second kappa shape index (κ2) is 14.1. The molecule has 2 aliphatic rings. The van der Waals surface area contributed by atoms with Gasteiger partial charge in [-0.15, -0.1) is 0 Å². The summed E-state index contributed by atoms with van der Waals surface area (Å²) in [5.74, 6) is 5.38. The normalized spacial score (nSPS) is 25.4. The van der Waals surface area contributed by atoms with Crippen LogP contribution < -0.4 is 0 Å². The van der Waals surface area contributed by atoms with Crippen LogP contribution in [0.25, 0.3) is 0 Å². The first-order valence-electron chi connectivity index (χ1n) is 13.3. The van der Waals surface area contributed by atoms with Crippen molar-refractivity contribution < 1.29 is 0 Å². The number of rotatable bonds is 16. The Morgan fingerprint density at radius 2 is 1.30 bits per heavy atom. The molecule has 0 bridgehead atoms. The van der Waals surface area contributed by atoms with Gasteiger partial charge in [0.15, 0.2) is 0 Å². The SMILES string of the molecule is CCCCCC1CCC[C@@H]1CCC[C@@H](CC)CCC[C@H](CCC)C1CCC1. The molecule has 2 fully saturated rings. The highest BCUT2D eigenvalue weighted by molar-refractivity contribution is 4.79. The molecule has 0 nitrogen and oxygen atoms in total. The predicted molar refractivity (Wildman–Crippen MR) is 122 cm³/mol. The minimum absolute atomic E-state index is 1.02. The molecule has 0 aliphatic heterocycles. The van der Waals surface area contributed by atoms with Gasteiger partial charge in [0.25, 0.3) is 0 Å². The Kier molecular flexibility index (Phi) is 12.1. The zero-order chi connectivity index (χ0) is 19.3. The molecule has 0 heteroatoms. The van der Waals surface area contributed by atoms with Crippen LogP contribution in [0.1, 0.15) is 143 Å². The van der Waals surface area contributed by atoms with Crippen molar-refractivity contribution in [3.8, 4) is 0 Å². The zero-order valence-electron chi connectivity index (χ0n) is 19.3. The standard InChI is InChI=1S/C27H52/c1-4-7-8-16-25-19-11-22-27(25)18-10-15-23(6-3)14-9-17-24(13-5-2)26-20-12-21-26/h23-27H,4-22H2,1-3H3/t23-,24-,25?,27-/m0/s1. The lowest BCUT2D eigenvalue weighted by molar-refractivity contribution is 0.177. The van der Waals surface area contributed by atoms with Gasteiger partial charge < -0.3 is 0 Å². The van der Waals surface area contributed by atoms with E-state index in [2.05, 4.69) is 20.8 Å². The van der Waals surface area contributed by atoms with Gasteiger partial charge in [-0.25, -0.2) is 0 Å². The van der Waals surface area contributed by atoms with Gasteiger partial charge in [-0.1, -0.05) is 143 Å². The Balaban J connectivity index is 1.58. The average molecular weight is 377 g/mol. The van der Waals surface area contributed by atoms with Gasteiger partial charge in [0.2, 0.25) is 0 Å². The van der Waals surface area contributed by atoms with Gasteiger partial charge in [0.1, 0.15) is 0 Å². The van der Waals surface area contributed by atoms with Crippen LogP contribution in [0.3, 0.4) is 0 Å². The lowest BCUT2D eigenvalue weighted by atomic mass is 9.72. The molecule has 0 N–H and O–H groups in total. The van der Waals surface area contributed by atoms with Gasteiger partial charge in [-0.05, 0) is 29.6 Å². The van der Waals surface area contributed by atoms with Crippen LogP contribution in [-0.2, 0) is 0 Å². The van der Waals surface area contributed by atoms with E-state index in [0.717, 1.165) is 29.6 Å². The summed E-state index contributed by atoms with van der Waals surface area (Å²) < 4.78 is 0. The highest BCUT2D eigenvalue weighted by Crippen LogP contribution is 2.40. The van der Waals surface area contributed by atoms with Crippen LogP contribution in [0.2, 0.25) is 0 Å². The van der Waals surface area contributed by atoms with E-state index in [1.165, 1.54) is 89.9 Å². The Morgan fingerprint density at radius 1 is 0.630 bits per heavy atom. The molecule has 0 heterocycles. The fourth-order valence-corrected chi connectivity index (χ4v) is 6.32. The van der Waals surface area contributed by atoms with Crippen LogP contribution in [0.4, 0.5) is 0 Å². The van der Waals surface area contributed by atoms with E-state index < -0.39 is 0 Å². The van der Waals surface area contributed by atoms with Gasteiger partial charge in [0.05, 0.1) is 0 Å². The minimum atomic E-state index is 1.02. The van der Waals surface area contributed by atoms with Crippen LogP contribution >= 0.6 is 0 Å². The van der Waals surface area contributed by atoms with Crippen molar-refractivity contribution in [2.75, 3.05) is 0 Å². The molecule has 2 saturated carbocycles.